The Morgan fingerprint density at radius 3 is 2.71 bits per heavy atom. The number of fused-ring (bicyclic) bond motifs is 5. The molecular weight excluding hydrogens is 513 g/mol. The zero-order chi connectivity index (χ0) is 26.8. The SMILES string of the molecule is CN1CCN(c2ccc3cc2C(O)CS(=O)(=O)C2CC4CC2C(Nc2nc(ncc2F)N3)C4C(N)=O)CC1. The molecule has 2 aromatic rings. The fraction of sp³-hybridized carbons (Fsp3) is 0.560. The van der Waals surface area contributed by atoms with Gasteiger partial charge in [0, 0.05) is 49.2 Å². The molecule has 11 nitrogen and oxygen atoms in total. The van der Waals surface area contributed by atoms with Crippen LogP contribution in [0.5, 0.6) is 0 Å². The second-order valence-corrected chi connectivity index (χ2v) is 13.2. The number of aromatic nitrogens is 2. The van der Waals surface area contributed by atoms with Gasteiger partial charge in [-0.05, 0) is 49.9 Å². The van der Waals surface area contributed by atoms with Gasteiger partial charge in [-0.2, -0.15) is 4.98 Å². The van der Waals surface area contributed by atoms with E-state index >= 15 is 0 Å². The third-order valence-corrected chi connectivity index (χ3v) is 10.9. The lowest BCUT2D eigenvalue weighted by atomic mass is 9.83. The molecule has 38 heavy (non-hydrogen) atoms. The number of nitrogens with two attached hydrogens (primary N) is 1. The van der Waals surface area contributed by atoms with Gasteiger partial charge in [0.1, 0.15) is 0 Å². The Hall–Kier alpha value is -3.03. The molecule has 4 aliphatic rings. The lowest BCUT2D eigenvalue weighted by Gasteiger charge is -2.37. The van der Waals surface area contributed by atoms with Crippen LogP contribution in [0, 0.1) is 23.6 Å². The Labute approximate surface area is 220 Å². The standard InChI is InChI=1S/C25H32FN7O4S/c1-32-4-6-33(7-5-32)18-3-2-14-10-15(18)19(34)12-38(36,37)20-9-13-8-16(20)22(21(13)23(27)35)30-24-17(26)11-28-25(29-14)31-24/h2-3,10-11,13,16,19-22,34H,4-9,12H2,1H3,(H2,27,35)(H2,28,29,30,31). The molecule has 2 aliphatic heterocycles. The van der Waals surface area contributed by atoms with Crippen LogP contribution in [0.25, 0.3) is 0 Å². The number of sulfone groups is 1. The lowest BCUT2D eigenvalue weighted by Crippen LogP contribution is -2.49. The molecule has 1 aromatic heterocycles. The van der Waals surface area contributed by atoms with E-state index < -0.39 is 56.5 Å². The van der Waals surface area contributed by atoms with Crippen LogP contribution in [0.2, 0.25) is 0 Å². The van der Waals surface area contributed by atoms with Gasteiger partial charge in [0.25, 0.3) is 0 Å². The number of carbonyl (C=O) groups excluding carboxylic acids is 1. The molecule has 1 amide bonds. The Morgan fingerprint density at radius 1 is 1.21 bits per heavy atom. The number of benzene rings is 1. The molecule has 6 rings (SSSR count). The highest BCUT2D eigenvalue weighted by atomic mass is 32.2. The number of amides is 1. The highest BCUT2D eigenvalue weighted by molar-refractivity contribution is 7.92. The van der Waals surface area contributed by atoms with Crippen LogP contribution in [0.3, 0.4) is 0 Å². The zero-order valence-electron chi connectivity index (χ0n) is 21.0. The maximum Gasteiger partial charge on any atom is 0.229 e. The van der Waals surface area contributed by atoms with Crippen LogP contribution < -0.4 is 21.3 Å². The largest absolute Gasteiger partial charge is 0.387 e. The summed E-state index contributed by atoms with van der Waals surface area (Å²) in [4.78, 5) is 25.1. The summed E-state index contributed by atoms with van der Waals surface area (Å²) >= 11 is 0. The summed E-state index contributed by atoms with van der Waals surface area (Å²) < 4.78 is 42.3. The van der Waals surface area contributed by atoms with Crippen molar-refractivity contribution in [2.45, 2.75) is 30.2 Å². The first-order chi connectivity index (χ1) is 18.1. The molecule has 204 valence electrons. The molecule has 3 heterocycles. The molecule has 2 saturated carbocycles. The summed E-state index contributed by atoms with van der Waals surface area (Å²) in [6.45, 7) is 3.18. The minimum atomic E-state index is -3.79. The van der Waals surface area contributed by atoms with Gasteiger partial charge in [-0.25, -0.2) is 17.8 Å². The van der Waals surface area contributed by atoms with Gasteiger partial charge in [-0.1, -0.05) is 0 Å². The van der Waals surface area contributed by atoms with E-state index in [1.54, 1.807) is 12.1 Å². The van der Waals surface area contributed by atoms with Gasteiger partial charge in [0.2, 0.25) is 11.9 Å². The molecule has 1 saturated heterocycles. The number of anilines is 4. The van der Waals surface area contributed by atoms with Crippen LogP contribution in [-0.4, -0.2) is 84.6 Å². The molecule has 2 aliphatic carbocycles. The van der Waals surface area contributed by atoms with Crippen molar-refractivity contribution in [3.8, 4) is 0 Å². The summed E-state index contributed by atoms with van der Waals surface area (Å²) in [5, 5.41) is 16.6. The molecule has 6 bridgehead atoms. The third kappa shape index (κ3) is 4.35. The van der Waals surface area contributed by atoms with Crippen LogP contribution >= 0.6 is 0 Å². The molecule has 13 heteroatoms. The summed E-state index contributed by atoms with van der Waals surface area (Å²) in [5.74, 6) is -3.06. The molecule has 0 spiro atoms. The molecule has 1 aromatic carbocycles. The van der Waals surface area contributed by atoms with E-state index in [-0.39, 0.29) is 24.1 Å². The minimum absolute atomic E-state index is 0.117. The van der Waals surface area contributed by atoms with Crippen molar-refractivity contribution < 1.29 is 22.7 Å². The third-order valence-electron chi connectivity index (χ3n) is 8.66. The number of piperazine rings is 1. The quantitative estimate of drug-likeness (QED) is 0.427. The summed E-state index contributed by atoms with van der Waals surface area (Å²) in [7, 11) is -1.74. The Morgan fingerprint density at radius 2 is 1.97 bits per heavy atom. The first-order valence-corrected chi connectivity index (χ1v) is 14.6. The Kier molecular flexibility index (Phi) is 6.19. The van der Waals surface area contributed by atoms with Crippen LogP contribution in [0.15, 0.2) is 24.4 Å². The van der Waals surface area contributed by atoms with Crippen LogP contribution in [0.4, 0.5) is 27.5 Å². The van der Waals surface area contributed by atoms with Gasteiger partial charge in [-0.15, -0.1) is 0 Å². The number of likely N-dealkylation sites (N-methyl/N-ethyl adjacent to an activating group) is 1. The molecule has 6 unspecified atom stereocenters. The molecule has 0 radical (unpaired) electrons. The Bertz CT molecular complexity index is 1370. The average Bonchev–Trinajstić information content (AvgIpc) is 3.45. The monoisotopic (exact) mass is 545 g/mol. The minimum Gasteiger partial charge on any atom is -0.387 e. The van der Waals surface area contributed by atoms with Crippen LogP contribution in [-0.2, 0) is 14.6 Å². The van der Waals surface area contributed by atoms with E-state index in [0.717, 1.165) is 38.1 Å². The second kappa shape index (κ2) is 9.31. The normalized spacial score (nSPS) is 32.2. The van der Waals surface area contributed by atoms with E-state index in [9.17, 15) is 22.7 Å². The topological polar surface area (TPSA) is 154 Å². The predicted molar refractivity (Wildman–Crippen MR) is 140 cm³/mol. The number of nitrogens with zero attached hydrogens (tertiary/aromatic N) is 4. The maximum atomic E-state index is 14.8. The Balaban J connectivity index is 1.44. The molecule has 3 fully saturated rings. The average molecular weight is 546 g/mol. The zero-order valence-corrected chi connectivity index (χ0v) is 21.9. The first kappa shape index (κ1) is 25.3. The van der Waals surface area contributed by atoms with Crippen molar-refractivity contribution in [3.63, 3.8) is 0 Å². The van der Waals surface area contributed by atoms with Gasteiger partial charge in [0.05, 0.1) is 29.2 Å². The number of halogens is 1. The maximum absolute atomic E-state index is 14.8. The summed E-state index contributed by atoms with van der Waals surface area (Å²) in [6.07, 6.45) is 0.529. The van der Waals surface area contributed by atoms with Gasteiger partial charge >= 0.3 is 0 Å². The van der Waals surface area contributed by atoms with Crippen molar-refractivity contribution in [2.75, 3.05) is 54.5 Å². The predicted octanol–water partition coefficient (Wildman–Crippen LogP) is 0.863. The molecule has 6 atom stereocenters. The highest BCUT2D eigenvalue weighted by Gasteiger charge is 2.58. The van der Waals surface area contributed by atoms with Crippen LogP contribution in [0.1, 0.15) is 24.5 Å². The number of aliphatic hydroxyl groups excluding tert-OH is 1. The van der Waals surface area contributed by atoms with E-state index in [0.29, 0.717) is 17.7 Å². The van der Waals surface area contributed by atoms with Gasteiger partial charge in [0.15, 0.2) is 21.5 Å². The van der Waals surface area contributed by atoms with Gasteiger partial charge < -0.3 is 31.3 Å². The van der Waals surface area contributed by atoms with E-state index in [2.05, 4.69) is 30.4 Å². The summed E-state index contributed by atoms with van der Waals surface area (Å²) in [5.41, 5.74) is 7.51. The van der Waals surface area contributed by atoms with Crippen molar-refractivity contribution >= 4 is 38.9 Å². The van der Waals surface area contributed by atoms with E-state index in [1.807, 2.05) is 13.1 Å². The number of primary amides is 1. The van der Waals surface area contributed by atoms with E-state index in [4.69, 9.17) is 5.73 Å². The number of nitrogens with one attached hydrogen (secondary N) is 2. The van der Waals surface area contributed by atoms with Crippen molar-refractivity contribution in [1.82, 2.24) is 14.9 Å². The van der Waals surface area contributed by atoms with Gasteiger partial charge in [-0.3, -0.25) is 4.79 Å². The number of hydrogen-bond donors (Lipinski definition) is 4. The smallest absolute Gasteiger partial charge is 0.229 e. The fourth-order valence-electron chi connectivity index (χ4n) is 6.80. The second-order valence-electron chi connectivity index (χ2n) is 11.0. The molecule has 5 N–H and O–H groups in total. The highest BCUT2D eigenvalue weighted by Crippen LogP contribution is 2.52. The number of hydrogen-bond acceptors (Lipinski definition) is 10. The number of rotatable bonds is 2. The lowest BCUT2D eigenvalue weighted by molar-refractivity contribution is -0.123. The van der Waals surface area contributed by atoms with Crippen molar-refractivity contribution in [1.29, 1.82) is 0 Å². The van der Waals surface area contributed by atoms with E-state index in [1.165, 1.54) is 0 Å². The number of carbonyl (C=O) groups is 1. The summed E-state index contributed by atoms with van der Waals surface area (Å²) in [6, 6.07) is 4.68. The first-order valence-electron chi connectivity index (χ1n) is 12.9. The number of aliphatic hydroxyl groups is 1. The van der Waals surface area contributed by atoms with Crippen molar-refractivity contribution in [3.05, 3.63) is 35.8 Å². The fourth-order valence-corrected chi connectivity index (χ4v) is 9.02. The van der Waals surface area contributed by atoms with Crippen molar-refractivity contribution in [2.24, 2.45) is 23.5 Å². The molecular formula is C25H32FN7O4S.